The van der Waals surface area contributed by atoms with E-state index in [1.54, 1.807) is 7.05 Å². The number of sulfonamides is 1. The molecule has 1 heterocycles. The summed E-state index contributed by atoms with van der Waals surface area (Å²) >= 11 is 5.94. The fourth-order valence-corrected chi connectivity index (χ4v) is 4.10. The number of aryl methyl sites for hydroxylation is 1. The first kappa shape index (κ1) is 14.8. The quantitative estimate of drug-likeness (QED) is 0.932. The number of imidazole rings is 1. The molecule has 19 heavy (non-hydrogen) atoms. The van der Waals surface area contributed by atoms with E-state index in [0.29, 0.717) is 5.41 Å². The summed E-state index contributed by atoms with van der Waals surface area (Å²) in [7, 11) is -1.96. The Morgan fingerprint density at radius 2 is 2.00 bits per heavy atom. The maximum Gasteiger partial charge on any atom is 0.261 e. The van der Waals surface area contributed by atoms with E-state index in [2.05, 4.69) is 23.6 Å². The number of nitrogens with one attached hydrogen (secondary N) is 1. The molecule has 1 aromatic heterocycles. The van der Waals surface area contributed by atoms with Crippen molar-refractivity contribution < 1.29 is 8.42 Å². The Kier molecular flexibility index (Phi) is 3.95. The van der Waals surface area contributed by atoms with Crippen molar-refractivity contribution in [3.63, 3.8) is 0 Å². The highest BCUT2D eigenvalue weighted by atomic mass is 35.5. The molecule has 1 saturated carbocycles. The maximum atomic E-state index is 12.2. The Hall–Kier alpha value is -0.590. The molecule has 0 radical (unpaired) electrons. The summed E-state index contributed by atoms with van der Waals surface area (Å²) in [5.41, 5.74) is 0.310. The Morgan fingerprint density at radius 3 is 2.47 bits per heavy atom. The van der Waals surface area contributed by atoms with Gasteiger partial charge >= 0.3 is 0 Å². The molecule has 5 nitrogen and oxygen atoms in total. The summed E-state index contributed by atoms with van der Waals surface area (Å²) in [6.07, 6.45) is 5.17. The van der Waals surface area contributed by atoms with Gasteiger partial charge in [0.1, 0.15) is 5.15 Å². The van der Waals surface area contributed by atoms with Gasteiger partial charge in [-0.1, -0.05) is 25.4 Å². The van der Waals surface area contributed by atoms with Crippen LogP contribution in [0.15, 0.2) is 11.4 Å². The van der Waals surface area contributed by atoms with E-state index in [0.717, 1.165) is 25.7 Å². The lowest BCUT2D eigenvalue weighted by Gasteiger charge is -2.34. The Bertz CT molecular complexity index is 556. The highest BCUT2D eigenvalue weighted by Crippen LogP contribution is 2.35. The van der Waals surface area contributed by atoms with Crippen LogP contribution in [0.2, 0.25) is 5.15 Å². The van der Waals surface area contributed by atoms with Gasteiger partial charge in [0, 0.05) is 13.1 Å². The summed E-state index contributed by atoms with van der Waals surface area (Å²) in [4.78, 5) is 3.86. The lowest BCUT2D eigenvalue weighted by molar-refractivity contribution is 0.218. The fraction of sp³-hybridized carbons (Fsp3) is 0.750. The normalized spacial score (nSPS) is 20.6. The van der Waals surface area contributed by atoms with Gasteiger partial charge < -0.3 is 4.57 Å². The van der Waals surface area contributed by atoms with Crippen molar-refractivity contribution in [1.82, 2.24) is 14.3 Å². The van der Waals surface area contributed by atoms with Gasteiger partial charge in [0.05, 0.1) is 6.33 Å². The smallest absolute Gasteiger partial charge is 0.261 e. The Balaban J connectivity index is 2.09. The molecule has 0 atom stereocenters. The van der Waals surface area contributed by atoms with Gasteiger partial charge in [-0.2, -0.15) is 0 Å². The number of aromatic nitrogens is 2. The third-order valence-corrected chi connectivity index (χ3v) is 5.76. The lowest BCUT2D eigenvalue weighted by atomic mass is 9.76. The van der Waals surface area contributed by atoms with Crippen molar-refractivity contribution in [1.29, 1.82) is 0 Å². The SMILES string of the molecule is Cn1cnc(S(=O)(=O)NC2CCC(C)(C)CC2)c1Cl. The first-order valence-electron chi connectivity index (χ1n) is 6.40. The predicted octanol–water partition coefficient (Wildman–Crippen LogP) is 2.32. The van der Waals surface area contributed by atoms with Crippen LogP contribution in [0, 0.1) is 5.41 Å². The van der Waals surface area contributed by atoms with Crippen LogP contribution in [0.5, 0.6) is 0 Å². The second kappa shape index (κ2) is 5.07. The molecule has 7 heteroatoms. The van der Waals surface area contributed by atoms with Crippen molar-refractivity contribution in [3.05, 3.63) is 11.5 Å². The maximum absolute atomic E-state index is 12.2. The number of hydrogen-bond donors (Lipinski definition) is 1. The van der Waals surface area contributed by atoms with E-state index in [9.17, 15) is 8.42 Å². The number of hydrogen-bond acceptors (Lipinski definition) is 3. The zero-order valence-electron chi connectivity index (χ0n) is 11.5. The molecule has 0 saturated heterocycles. The zero-order chi connectivity index (χ0) is 14.3. The van der Waals surface area contributed by atoms with Gasteiger partial charge in [-0.3, -0.25) is 0 Å². The van der Waals surface area contributed by atoms with Crippen LogP contribution in [0.25, 0.3) is 0 Å². The van der Waals surface area contributed by atoms with Crippen LogP contribution in [0.1, 0.15) is 39.5 Å². The van der Waals surface area contributed by atoms with Crippen molar-refractivity contribution in [3.8, 4) is 0 Å². The highest BCUT2D eigenvalue weighted by molar-refractivity contribution is 7.89. The standard InChI is InChI=1S/C12H20ClN3O2S/c1-12(2)6-4-9(5-7-12)15-19(17,18)11-10(13)16(3)8-14-11/h8-9,15H,4-7H2,1-3H3. The summed E-state index contributed by atoms with van der Waals surface area (Å²) in [6.45, 7) is 4.43. The summed E-state index contributed by atoms with van der Waals surface area (Å²) in [5, 5.41) is 0.0603. The molecule has 108 valence electrons. The predicted molar refractivity (Wildman–Crippen MR) is 74.6 cm³/mol. The topological polar surface area (TPSA) is 64.0 Å². The van der Waals surface area contributed by atoms with Gasteiger partial charge in [0.15, 0.2) is 0 Å². The molecular formula is C12H20ClN3O2S. The largest absolute Gasteiger partial charge is 0.324 e. The molecule has 0 unspecified atom stereocenters. The molecule has 1 N–H and O–H groups in total. The molecular weight excluding hydrogens is 286 g/mol. The average Bonchev–Trinajstić information content (AvgIpc) is 2.63. The number of halogens is 1. The molecule has 1 aliphatic rings. The average molecular weight is 306 g/mol. The third-order valence-electron chi connectivity index (χ3n) is 3.75. The van der Waals surface area contributed by atoms with Crippen LogP contribution in [-0.4, -0.2) is 24.0 Å². The van der Waals surface area contributed by atoms with Crippen LogP contribution in [0.4, 0.5) is 0 Å². The van der Waals surface area contributed by atoms with Crippen molar-refractivity contribution >= 4 is 21.6 Å². The number of rotatable bonds is 3. The number of nitrogens with zero attached hydrogens (tertiary/aromatic N) is 2. The molecule has 1 aromatic rings. The van der Waals surface area contributed by atoms with Gasteiger partial charge in [-0.05, 0) is 31.1 Å². The van der Waals surface area contributed by atoms with Gasteiger partial charge in [0.2, 0.25) is 5.03 Å². The minimum atomic E-state index is -3.62. The second-order valence-electron chi connectivity index (χ2n) is 6.01. The van der Waals surface area contributed by atoms with Crippen LogP contribution in [-0.2, 0) is 17.1 Å². The summed E-state index contributed by atoms with van der Waals surface area (Å²) < 4.78 is 28.7. The van der Waals surface area contributed by atoms with E-state index in [-0.39, 0.29) is 16.2 Å². The molecule has 0 spiro atoms. The first-order chi connectivity index (χ1) is 8.71. The third kappa shape index (κ3) is 3.30. The molecule has 0 amide bonds. The van der Waals surface area contributed by atoms with E-state index < -0.39 is 10.0 Å². The monoisotopic (exact) mass is 305 g/mol. The van der Waals surface area contributed by atoms with Crippen LogP contribution >= 0.6 is 11.6 Å². The molecule has 0 aromatic carbocycles. The molecule has 1 fully saturated rings. The molecule has 1 aliphatic carbocycles. The van der Waals surface area contributed by atoms with Gasteiger partial charge in [-0.25, -0.2) is 18.1 Å². The molecule has 0 aliphatic heterocycles. The zero-order valence-corrected chi connectivity index (χ0v) is 13.1. The van der Waals surface area contributed by atoms with Gasteiger partial charge in [0.25, 0.3) is 10.0 Å². The first-order valence-corrected chi connectivity index (χ1v) is 8.26. The summed E-state index contributed by atoms with van der Waals surface area (Å²) in [5.74, 6) is 0. The molecule has 0 bridgehead atoms. The van der Waals surface area contributed by atoms with E-state index in [4.69, 9.17) is 11.6 Å². The minimum Gasteiger partial charge on any atom is -0.324 e. The highest BCUT2D eigenvalue weighted by Gasteiger charge is 2.31. The van der Waals surface area contributed by atoms with Crippen LogP contribution < -0.4 is 4.72 Å². The van der Waals surface area contributed by atoms with E-state index in [1.165, 1.54) is 10.9 Å². The second-order valence-corrected chi connectivity index (χ2v) is 8.00. The van der Waals surface area contributed by atoms with E-state index >= 15 is 0 Å². The van der Waals surface area contributed by atoms with E-state index in [1.807, 2.05) is 0 Å². The summed E-state index contributed by atoms with van der Waals surface area (Å²) in [6, 6.07) is -0.0175. The van der Waals surface area contributed by atoms with Crippen molar-refractivity contribution in [2.45, 2.75) is 50.6 Å². The van der Waals surface area contributed by atoms with Crippen LogP contribution in [0.3, 0.4) is 0 Å². The van der Waals surface area contributed by atoms with Crippen molar-refractivity contribution in [2.24, 2.45) is 12.5 Å². The van der Waals surface area contributed by atoms with Crippen molar-refractivity contribution in [2.75, 3.05) is 0 Å². The minimum absolute atomic E-state index is 0.0175. The fourth-order valence-electron chi connectivity index (χ4n) is 2.37. The molecule has 2 rings (SSSR count). The lowest BCUT2D eigenvalue weighted by Crippen LogP contribution is -2.39. The Labute approximate surface area is 119 Å². The van der Waals surface area contributed by atoms with Gasteiger partial charge in [-0.15, -0.1) is 0 Å². The Morgan fingerprint density at radius 1 is 1.42 bits per heavy atom.